The summed E-state index contributed by atoms with van der Waals surface area (Å²) in [6.45, 7) is 5.50. The van der Waals surface area contributed by atoms with Crippen LogP contribution in [0.1, 0.15) is 30.4 Å². The van der Waals surface area contributed by atoms with E-state index in [4.69, 9.17) is 9.47 Å². The highest BCUT2D eigenvalue weighted by molar-refractivity contribution is 7.17. The fraction of sp³-hybridized carbons (Fsp3) is 0.333. The maximum absolute atomic E-state index is 11.9. The minimum Gasteiger partial charge on any atom is -0.497 e. The summed E-state index contributed by atoms with van der Waals surface area (Å²) in [4.78, 5) is 16.6. The molecule has 0 spiro atoms. The van der Waals surface area contributed by atoms with Crippen LogP contribution in [0.15, 0.2) is 30.5 Å². The van der Waals surface area contributed by atoms with Crippen LogP contribution >= 0.6 is 11.3 Å². The molecule has 0 bridgehead atoms. The van der Waals surface area contributed by atoms with E-state index in [1.165, 1.54) is 17.5 Å². The summed E-state index contributed by atoms with van der Waals surface area (Å²) in [5.41, 5.74) is 0.334. The molecular weight excluding hydrogens is 288 g/mol. The quantitative estimate of drug-likeness (QED) is 0.869. The fourth-order valence-electron chi connectivity index (χ4n) is 1.58. The topological polar surface area (TPSA) is 60.5 Å². The van der Waals surface area contributed by atoms with Crippen molar-refractivity contribution in [1.29, 1.82) is 0 Å². The van der Waals surface area contributed by atoms with Crippen molar-refractivity contribution in [2.45, 2.75) is 26.4 Å². The Morgan fingerprint density at radius 2 is 2.10 bits per heavy atom. The molecule has 0 fully saturated rings. The van der Waals surface area contributed by atoms with Gasteiger partial charge in [-0.1, -0.05) is 17.4 Å². The molecule has 112 valence electrons. The number of carbonyl (C=O) groups excluding carboxylic acids is 1. The molecule has 1 N–H and O–H groups in total. The standard InChI is InChI=1S/C15H18N2O3S/c1-15(2,3)20-13(18)12-9-16-14(21-12)17-10-6-5-7-11(8-10)19-4/h5-9H,1-4H3,(H,16,17). The number of nitrogens with one attached hydrogen (secondary N) is 1. The lowest BCUT2D eigenvalue weighted by Crippen LogP contribution is -2.23. The minimum absolute atomic E-state index is 0.362. The normalized spacial score (nSPS) is 11.0. The molecule has 0 radical (unpaired) electrons. The van der Waals surface area contributed by atoms with Gasteiger partial charge in [-0.25, -0.2) is 9.78 Å². The third kappa shape index (κ3) is 4.46. The Bertz CT molecular complexity index is 632. The first kappa shape index (κ1) is 15.3. The number of thiazole rings is 1. The van der Waals surface area contributed by atoms with E-state index in [0.29, 0.717) is 10.0 Å². The van der Waals surface area contributed by atoms with Gasteiger partial charge in [-0.05, 0) is 32.9 Å². The van der Waals surface area contributed by atoms with Crippen molar-refractivity contribution in [2.24, 2.45) is 0 Å². The van der Waals surface area contributed by atoms with Crippen molar-refractivity contribution < 1.29 is 14.3 Å². The lowest BCUT2D eigenvalue weighted by Gasteiger charge is -2.18. The molecule has 1 heterocycles. The van der Waals surface area contributed by atoms with Gasteiger partial charge < -0.3 is 14.8 Å². The van der Waals surface area contributed by atoms with Crippen LogP contribution in [0.5, 0.6) is 5.75 Å². The van der Waals surface area contributed by atoms with Crippen molar-refractivity contribution >= 4 is 28.1 Å². The minimum atomic E-state index is -0.512. The summed E-state index contributed by atoms with van der Waals surface area (Å²) < 4.78 is 10.5. The molecule has 0 atom stereocenters. The van der Waals surface area contributed by atoms with Gasteiger partial charge in [0.15, 0.2) is 5.13 Å². The molecule has 2 aromatic rings. The van der Waals surface area contributed by atoms with E-state index in [1.54, 1.807) is 7.11 Å². The molecule has 0 saturated carbocycles. The van der Waals surface area contributed by atoms with Gasteiger partial charge in [-0.3, -0.25) is 0 Å². The number of esters is 1. The number of nitrogens with zero attached hydrogens (tertiary/aromatic N) is 1. The van der Waals surface area contributed by atoms with E-state index in [1.807, 2.05) is 45.0 Å². The Hall–Kier alpha value is -2.08. The highest BCUT2D eigenvalue weighted by Gasteiger charge is 2.20. The van der Waals surface area contributed by atoms with Gasteiger partial charge in [-0.2, -0.15) is 0 Å². The second-order valence-electron chi connectivity index (χ2n) is 5.39. The molecule has 0 aliphatic heterocycles. The van der Waals surface area contributed by atoms with Gasteiger partial charge in [0.2, 0.25) is 0 Å². The molecule has 0 aliphatic carbocycles. The lowest BCUT2D eigenvalue weighted by molar-refractivity contribution is 0.00750. The molecular formula is C15H18N2O3S. The molecule has 1 aromatic carbocycles. The van der Waals surface area contributed by atoms with Crippen LogP contribution in [0.3, 0.4) is 0 Å². The average molecular weight is 306 g/mol. The van der Waals surface area contributed by atoms with E-state index in [0.717, 1.165) is 11.4 Å². The first-order chi connectivity index (χ1) is 9.87. The van der Waals surface area contributed by atoms with Crippen LogP contribution in [-0.2, 0) is 4.74 Å². The predicted octanol–water partition coefficient (Wildman–Crippen LogP) is 3.85. The van der Waals surface area contributed by atoms with Gasteiger partial charge in [0, 0.05) is 11.8 Å². The highest BCUT2D eigenvalue weighted by Crippen LogP contribution is 2.26. The molecule has 0 aliphatic rings. The largest absolute Gasteiger partial charge is 0.497 e. The maximum atomic E-state index is 11.9. The SMILES string of the molecule is COc1cccc(Nc2ncc(C(=O)OC(C)(C)C)s2)c1. The van der Waals surface area contributed by atoms with Crippen molar-refractivity contribution in [3.8, 4) is 5.75 Å². The Balaban J connectivity index is 2.07. The molecule has 0 amide bonds. The van der Waals surface area contributed by atoms with Crippen LogP contribution in [0.2, 0.25) is 0 Å². The summed E-state index contributed by atoms with van der Waals surface area (Å²) in [7, 11) is 1.61. The van der Waals surface area contributed by atoms with Gasteiger partial charge in [0.25, 0.3) is 0 Å². The molecule has 21 heavy (non-hydrogen) atoms. The number of rotatable bonds is 4. The average Bonchev–Trinajstić information content (AvgIpc) is 2.85. The van der Waals surface area contributed by atoms with Gasteiger partial charge in [0.1, 0.15) is 16.2 Å². The predicted molar refractivity (Wildman–Crippen MR) is 83.6 cm³/mol. The van der Waals surface area contributed by atoms with E-state index < -0.39 is 5.60 Å². The third-order valence-corrected chi connectivity index (χ3v) is 3.32. The van der Waals surface area contributed by atoms with Crippen molar-refractivity contribution in [3.05, 3.63) is 35.3 Å². The van der Waals surface area contributed by atoms with E-state index in [-0.39, 0.29) is 5.97 Å². The zero-order valence-corrected chi connectivity index (χ0v) is 13.3. The number of anilines is 2. The summed E-state index contributed by atoms with van der Waals surface area (Å²) in [6.07, 6.45) is 1.52. The summed E-state index contributed by atoms with van der Waals surface area (Å²) in [5.74, 6) is 0.391. The zero-order chi connectivity index (χ0) is 15.5. The number of hydrogen-bond donors (Lipinski definition) is 1. The smallest absolute Gasteiger partial charge is 0.350 e. The van der Waals surface area contributed by atoms with Crippen molar-refractivity contribution in [2.75, 3.05) is 12.4 Å². The summed E-state index contributed by atoms with van der Waals surface area (Å²) in [6, 6.07) is 7.49. The summed E-state index contributed by atoms with van der Waals surface area (Å²) >= 11 is 1.25. The van der Waals surface area contributed by atoms with Crippen LogP contribution in [0, 0.1) is 0 Å². The first-order valence-electron chi connectivity index (χ1n) is 6.47. The number of hydrogen-bond acceptors (Lipinski definition) is 6. The summed E-state index contributed by atoms with van der Waals surface area (Å²) in [5, 5.41) is 3.77. The molecule has 0 saturated heterocycles. The number of benzene rings is 1. The number of ether oxygens (including phenoxy) is 2. The monoisotopic (exact) mass is 306 g/mol. The van der Waals surface area contributed by atoms with Crippen molar-refractivity contribution in [3.63, 3.8) is 0 Å². The number of aromatic nitrogens is 1. The van der Waals surface area contributed by atoms with Crippen LogP contribution in [-0.4, -0.2) is 23.7 Å². The van der Waals surface area contributed by atoms with Crippen LogP contribution in [0.4, 0.5) is 10.8 Å². The van der Waals surface area contributed by atoms with Gasteiger partial charge in [-0.15, -0.1) is 0 Å². The molecule has 5 nitrogen and oxygen atoms in total. The van der Waals surface area contributed by atoms with Gasteiger partial charge in [0.05, 0.1) is 13.3 Å². The Kier molecular flexibility index (Phi) is 4.47. The molecule has 6 heteroatoms. The Labute approximate surface area is 127 Å². The number of methoxy groups -OCH3 is 1. The second-order valence-corrected chi connectivity index (χ2v) is 6.42. The Morgan fingerprint density at radius 1 is 1.33 bits per heavy atom. The van der Waals surface area contributed by atoms with E-state index in [9.17, 15) is 4.79 Å². The molecule has 0 unspecified atom stereocenters. The van der Waals surface area contributed by atoms with E-state index in [2.05, 4.69) is 10.3 Å². The zero-order valence-electron chi connectivity index (χ0n) is 12.5. The number of carbonyl (C=O) groups is 1. The lowest BCUT2D eigenvalue weighted by atomic mass is 10.2. The maximum Gasteiger partial charge on any atom is 0.350 e. The third-order valence-electron chi connectivity index (χ3n) is 2.43. The molecule has 1 aromatic heterocycles. The highest BCUT2D eigenvalue weighted by atomic mass is 32.1. The molecule has 2 rings (SSSR count). The second kappa shape index (κ2) is 6.13. The fourth-order valence-corrected chi connectivity index (χ4v) is 2.29. The van der Waals surface area contributed by atoms with Crippen LogP contribution in [0.25, 0.3) is 0 Å². The van der Waals surface area contributed by atoms with Gasteiger partial charge >= 0.3 is 5.97 Å². The Morgan fingerprint density at radius 3 is 2.76 bits per heavy atom. The van der Waals surface area contributed by atoms with Crippen LogP contribution < -0.4 is 10.1 Å². The first-order valence-corrected chi connectivity index (χ1v) is 7.29. The van der Waals surface area contributed by atoms with E-state index >= 15 is 0 Å². The van der Waals surface area contributed by atoms with Crippen molar-refractivity contribution in [1.82, 2.24) is 4.98 Å².